The summed E-state index contributed by atoms with van der Waals surface area (Å²) in [4.78, 5) is 21.3. The molecule has 0 aromatic carbocycles. The Labute approximate surface area is 142 Å². The number of halogens is 1. The van der Waals surface area contributed by atoms with Gasteiger partial charge in [0.05, 0.1) is 5.69 Å². The molecule has 2 aromatic rings. The summed E-state index contributed by atoms with van der Waals surface area (Å²) < 4.78 is 5.32. The first-order chi connectivity index (χ1) is 11.1. The Balaban J connectivity index is 1.79. The van der Waals surface area contributed by atoms with Gasteiger partial charge in [-0.2, -0.15) is 0 Å². The highest BCUT2D eigenvalue weighted by Gasteiger charge is 2.24. The van der Waals surface area contributed by atoms with E-state index in [4.69, 9.17) is 16.3 Å². The van der Waals surface area contributed by atoms with Gasteiger partial charge in [0.15, 0.2) is 5.13 Å². The summed E-state index contributed by atoms with van der Waals surface area (Å²) in [6.45, 7) is 1.83. The number of amides is 1. The van der Waals surface area contributed by atoms with Crippen LogP contribution >= 0.6 is 22.9 Å². The van der Waals surface area contributed by atoms with E-state index in [2.05, 4.69) is 9.97 Å². The highest BCUT2D eigenvalue weighted by molar-refractivity contribution is 7.14. The van der Waals surface area contributed by atoms with E-state index in [9.17, 15) is 9.90 Å². The van der Waals surface area contributed by atoms with E-state index in [-0.39, 0.29) is 0 Å². The maximum absolute atomic E-state index is 11.6. The first-order valence-corrected chi connectivity index (χ1v) is 8.55. The molecule has 0 unspecified atom stereocenters. The molecule has 0 bridgehead atoms. The minimum Gasteiger partial charge on any atom is -0.465 e. The molecule has 0 saturated carbocycles. The fourth-order valence-electron chi connectivity index (χ4n) is 2.51. The van der Waals surface area contributed by atoms with Gasteiger partial charge in [0, 0.05) is 36.9 Å². The number of pyridine rings is 1. The van der Waals surface area contributed by atoms with E-state index in [0.29, 0.717) is 41.7 Å². The van der Waals surface area contributed by atoms with Crippen LogP contribution in [-0.2, 0) is 4.74 Å². The molecule has 2 aromatic heterocycles. The van der Waals surface area contributed by atoms with E-state index in [1.54, 1.807) is 18.3 Å². The summed E-state index contributed by atoms with van der Waals surface area (Å²) in [5, 5.41) is 12.2. The lowest BCUT2D eigenvalue weighted by molar-refractivity contribution is 0.0680. The Hall–Kier alpha value is -1.70. The van der Waals surface area contributed by atoms with Crippen molar-refractivity contribution in [3.63, 3.8) is 0 Å². The molecule has 1 saturated heterocycles. The topological polar surface area (TPSA) is 75.5 Å². The van der Waals surface area contributed by atoms with Gasteiger partial charge in [-0.15, -0.1) is 11.3 Å². The van der Waals surface area contributed by atoms with Gasteiger partial charge in [-0.3, -0.25) is 4.90 Å². The van der Waals surface area contributed by atoms with Gasteiger partial charge in [0.1, 0.15) is 5.15 Å². The Morgan fingerprint density at radius 3 is 2.96 bits per heavy atom. The summed E-state index contributed by atoms with van der Waals surface area (Å²) in [6.07, 6.45) is 2.38. The maximum atomic E-state index is 11.6. The number of ether oxygens (including phenoxy) is 1. The van der Waals surface area contributed by atoms with E-state index < -0.39 is 6.09 Å². The van der Waals surface area contributed by atoms with Crippen LogP contribution in [0.25, 0.3) is 11.3 Å². The van der Waals surface area contributed by atoms with Crippen LogP contribution in [0.2, 0.25) is 5.15 Å². The zero-order valence-corrected chi connectivity index (χ0v) is 13.9. The second-order valence-electron chi connectivity index (χ2n) is 5.33. The summed E-state index contributed by atoms with van der Waals surface area (Å²) in [5.41, 5.74) is 1.52. The lowest BCUT2D eigenvalue weighted by atomic mass is 10.00. The number of carboxylic acid groups (broad SMARTS) is 1. The third kappa shape index (κ3) is 3.99. The smallest absolute Gasteiger partial charge is 0.413 e. The second-order valence-corrected chi connectivity index (χ2v) is 6.56. The van der Waals surface area contributed by atoms with Crippen LogP contribution in [0, 0.1) is 5.92 Å². The average Bonchev–Trinajstić information content (AvgIpc) is 3.03. The van der Waals surface area contributed by atoms with Crippen LogP contribution < -0.4 is 4.90 Å². The molecule has 0 atom stereocenters. The SMILES string of the molecule is O=C(O)N(CC1CCOCC1)c1nc(-c2ccnc(Cl)c2)cs1. The van der Waals surface area contributed by atoms with Crippen molar-refractivity contribution in [2.45, 2.75) is 12.8 Å². The number of rotatable bonds is 4. The van der Waals surface area contributed by atoms with Gasteiger partial charge in [-0.25, -0.2) is 14.8 Å². The fraction of sp³-hybridized carbons (Fsp3) is 0.400. The van der Waals surface area contributed by atoms with E-state index >= 15 is 0 Å². The second kappa shape index (κ2) is 7.25. The molecule has 0 spiro atoms. The number of carbonyl (C=O) groups is 1. The maximum Gasteiger partial charge on any atom is 0.413 e. The van der Waals surface area contributed by atoms with Crippen LogP contribution in [0.15, 0.2) is 23.7 Å². The molecule has 1 N–H and O–H groups in total. The summed E-state index contributed by atoms with van der Waals surface area (Å²) in [5.74, 6) is 0.308. The first-order valence-electron chi connectivity index (χ1n) is 7.29. The number of hydrogen-bond acceptors (Lipinski definition) is 5. The monoisotopic (exact) mass is 353 g/mol. The van der Waals surface area contributed by atoms with Crippen molar-refractivity contribution >= 4 is 34.2 Å². The summed E-state index contributed by atoms with van der Waals surface area (Å²) in [6, 6.07) is 3.51. The zero-order valence-electron chi connectivity index (χ0n) is 12.3. The largest absolute Gasteiger partial charge is 0.465 e. The molecule has 1 amide bonds. The van der Waals surface area contributed by atoms with E-state index in [1.165, 1.54) is 16.2 Å². The Kier molecular flexibility index (Phi) is 5.09. The van der Waals surface area contributed by atoms with Gasteiger partial charge in [-0.1, -0.05) is 11.6 Å². The predicted molar refractivity (Wildman–Crippen MR) is 89.3 cm³/mol. The minimum atomic E-state index is -0.981. The number of aromatic nitrogens is 2. The van der Waals surface area contributed by atoms with Gasteiger partial charge in [0.25, 0.3) is 0 Å². The normalized spacial score (nSPS) is 15.5. The lowest BCUT2D eigenvalue weighted by Crippen LogP contribution is -2.36. The first kappa shape index (κ1) is 16.2. The van der Waals surface area contributed by atoms with Crippen molar-refractivity contribution < 1.29 is 14.6 Å². The molecule has 3 rings (SSSR count). The molecule has 1 fully saturated rings. The van der Waals surface area contributed by atoms with Crippen molar-refractivity contribution in [2.75, 3.05) is 24.7 Å². The molecule has 0 aliphatic carbocycles. The molecule has 3 heterocycles. The molecular formula is C15H16ClN3O3S. The Bertz CT molecular complexity index is 688. The van der Waals surface area contributed by atoms with Crippen LogP contribution in [-0.4, -0.2) is 40.9 Å². The highest BCUT2D eigenvalue weighted by atomic mass is 35.5. The van der Waals surface area contributed by atoms with Crippen molar-refractivity contribution in [2.24, 2.45) is 5.92 Å². The van der Waals surface area contributed by atoms with Crippen LogP contribution in [0.1, 0.15) is 12.8 Å². The number of nitrogens with zero attached hydrogens (tertiary/aromatic N) is 3. The molecular weight excluding hydrogens is 338 g/mol. The van der Waals surface area contributed by atoms with Crippen molar-refractivity contribution in [3.8, 4) is 11.3 Å². The minimum absolute atomic E-state index is 0.308. The van der Waals surface area contributed by atoms with Gasteiger partial charge >= 0.3 is 6.09 Å². The van der Waals surface area contributed by atoms with Crippen LogP contribution in [0.3, 0.4) is 0 Å². The Morgan fingerprint density at radius 2 is 2.26 bits per heavy atom. The Morgan fingerprint density at radius 1 is 1.48 bits per heavy atom. The summed E-state index contributed by atoms with van der Waals surface area (Å²) >= 11 is 7.21. The molecule has 1 aliphatic rings. The number of anilines is 1. The highest BCUT2D eigenvalue weighted by Crippen LogP contribution is 2.29. The van der Waals surface area contributed by atoms with Gasteiger partial charge in [-0.05, 0) is 30.9 Å². The third-order valence-electron chi connectivity index (χ3n) is 3.76. The van der Waals surface area contributed by atoms with Gasteiger partial charge in [0.2, 0.25) is 0 Å². The average molecular weight is 354 g/mol. The molecule has 122 valence electrons. The number of thiazole rings is 1. The standard InChI is InChI=1S/C15H16ClN3O3S/c16-13-7-11(1-4-17-13)12-9-23-14(18-12)19(15(20)21)8-10-2-5-22-6-3-10/h1,4,7,9-10H,2-3,5-6,8H2,(H,20,21). The van der Waals surface area contributed by atoms with Gasteiger partial charge < -0.3 is 9.84 Å². The van der Waals surface area contributed by atoms with E-state index in [0.717, 1.165) is 18.4 Å². The lowest BCUT2D eigenvalue weighted by Gasteiger charge is -2.26. The predicted octanol–water partition coefficient (Wildman–Crippen LogP) is 3.77. The molecule has 6 nitrogen and oxygen atoms in total. The third-order valence-corrected chi connectivity index (χ3v) is 4.83. The van der Waals surface area contributed by atoms with Crippen LogP contribution in [0.5, 0.6) is 0 Å². The van der Waals surface area contributed by atoms with Crippen molar-refractivity contribution in [3.05, 3.63) is 28.9 Å². The molecule has 23 heavy (non-hydrogen) atoms. The number of hydrogen-bond donors (Lipinski definition) is 1. The zero-order chi connectivity index (χ0) is 16.2. The molecule has 0 radical (unpaired) electrons. The summed E-state index contributed by atoms with van der Waals surface area (Å²) in [7, 11) is 0. The van der Waals surface area contributed by atoms with Crippen LogP contribution in [0.4, 0.5) is 9.93 Å². The molecule has 1 aliphatic heterocycles. The van der Waals surface area contributed by atoms with Crippen molar-refractivity contribution in [1.29, 1.82) is 0 Å². The van der Waals surface area contributed by atoms with E-state index in [1.807, 2.05) is 5.38 Å². The fourth-order valence-corrected chi connectivity index (χ4v) is 3.52. The molecule has 8 heteroatoms. The quantitative estimate of drug-likeness (QED) is 0.847. The van der Waals surface area contributed by atoms with Crippen molar-refractivity contribution in [1.82, 2.24) is 9.97 Å².